The number of rotatable bonds is 6. The number of carbonyl (C=O) groups excluding carboxylic acids is 1. The van der Waals surface area contributed by atoms with Crippen LogP contribution in [0.2, 0.25) is 0 Å². The Morgan fingerprint density at radius 1 is 1.50 bits per heavy atom. The van der Waals surface area contributed by atoms with Crippen molar-refractivity contribution in [2.45, 2.75) is 26.4 Å². The van der Waals surface area contributed by atoms with Crippen LogP contribution in [0.5, 0.6) is 0 Å². The van der Waals surface area contributed by atoms with Gasteiger partial charge in [0, 0.05) is 11.1 Å². The topological polar surface area (TPSA) is 93.9 Å². The molecule has 3 heterocycles. The minimum absolute atomic E-state index is 0.0531. The van der Waals surface area contributed by atoms with Gasteiger partial charge in [-0.05, 0) is 23.9 Å². The SMILES string of the molecule is CCCc1cc(C(=O)OCc2noc(-c3ccsc3)n2)n[nH]1. The molecule has 0 aromatic carbocycles. The molecule has 0 amide bonds. The molecule has 0 aliphatic heterocycles. The second-order valence-corrected chi connectivity index (χ2v) is 5.41. The lowest BCUT2D eigenvalue weighted by Crippen LogP contribution is -2.06. The van der Waals surface area contributed by atoms with Gasteiger partial charge in [-0.15, -0.1) is 0 Å². The van der Waals surface area contributed by atoms with Crippen molar-refractivity contribution in [2.24, 2.45) is 0 Å². The van der Waals surface area contributed by atoms with E-state index in [0.29, 0.717) is 11.7 Å². The summed E-state index contributed by atoms with van der Waals surface area (Å²) in [7, 11) is 0. The normalized spacial score (nSPS) is 10.8. The molecule has 114 valence electrons. The summed E-state index contributed by atoms with van der Waals surface area (Å²) in [5.74, 6) is 0.219. The van der Waals surface area contributed by atoms with Gasteiger partial charge in [0.25, 0.3) is 5.89 Å². The Morgan fingerprint density at radius 2 is 2.41 bits per heavy atom. The molecule has 0 atom stereocenters. The standard InChI is InChI=1S/C14H14N4O3S/c1-2-3-10-6-11(17-16-10)14(19)20-7-12-15-13(21-18-12)9-4-5-22-8-9/h4-6,8H,2-3,7H2,1H3,(H,16,17). The van der Waals surface area contributed by atoms with Gasteiger partial charge in [-0.25, -0.2) is 4.79 Å². The largest absolute Gasteiger partial charge is 0.453 e. The number of nitrogens with one attached hydrogen (secondary N) is 1. The fraction of sp³-hybridized carbons (Fsp3) is 0.286. The van der Waals surface area contributed by atoms with Crippen LogP contribution in [0.1, 0.15) is 35.4 Å². The first-order valence-corrected chi connectivity index (χ1v) is 7.77. The average molecular weight is 318 g/mol. The average Bonchev–Trinajstić information content (AvgIpc) is 3.25. The van der Waals surface area contributed by atoms with Crippen molar-refractivity contribution in [1.82, 2.24) is 20.3 Å². The third-order valence-corrected chi connectivity index (χ3v) is 3.61. The number of aromatic nitrogens is 4. The lowest BCUT2D eigenvalue weighted by atomic mass is 10.2. The van der Waals surface area contributed by atoms with Gasteiger partial charge in [-0.2, -0.15) is 21.4 Å². The second-order valence-electron chi connectivity index (χ2n) is 4.63. The monoisotopic (exact) mass is 318 g/mol. The summed E-state index contributed by atoms with van der Waals surface area (Å²) in [6, 6.07) is 3.58. The van der Waals surface area contributed by atoms with Gasteiger partial charge in [0.1, 0.15) is 0 Å². The number of H-pyrrole nitrogens is 1. The molecule has 0 unspecified atom stereocenters. The van der Waals surface area contributed by atoms with E-state index in [9.17, 15) is 4.79 Å². The van der Waals surface area contributed by atoms with Crippen LogP contribution < -0.4 is 0 Å². The van der Waals surface area contributed by atoms with Crippen LogP contribution in [0, 0.1) is 0 Å². The molecule has 0 radical (unpaired) electrons. The lowest BCUT2D eigenvalue weighted by Gasteiger charge is -1.97. The summed E-state index contributed by atoms with van der Waals surface area (Å²) in [4.78, 5) is 16.1. The third-order valence-electron chi connectivity index (χ3n) is 2.93. The molecule has 7 nitrogen and oxygen atoms in total. The van der Waals surface area contributed by atoms with Crippen molar-refractivity contribution in [2.75, 3.05) is 0 Å². The molecule has 1 N–H and O–H groups in total. The highest BCUT2D eigenvalue weighted by Crippen LogP contribution is 2.20. The number of aromatic amines is 1. The van der Waals surface area contributed by atoms with Crippen LogP contribution in [-0.4, -0.2) is 26.3 Å². The molecular formula is C14H14N4O3S. The fourth-order valence-corrected chi connectivity index (χ4v) is 2.51. The van der Waals surface area contributed by atoms with Gasteiger partial charge in [-0.3, -0.25) is 5.10 Å². The molecule has 0 saturated carbocycles. The molecule has 0 aliphatic carbocycles. The van der Waals surface area contributed by atoms with Crippen LogP contribution in [0.4, 0.5) is 0 Å². The highest BCUT2D eigenvalue weighted by Gasteiger charge is 2.15. The van der Waals surface area contributed by atoms with E-state index in [1.165, 1.54) is 0 Å². The number of nitrogens with zero attached hydrogens (tertiary/aromatic N) is 3. The van der Waals surface area contributed by atoms with E-state index in [4.69, 9.17) is 9.26 Å². The van der Waals surface area contributed by atoms with Crippen LogP contribution in [0.15, 0.2) is 27.4 Å². The Kier molecular flexibility index (Phi) is 4.29. The van der Waals surface area contributed by atoms with Crippen molar-refractivity contribution in [3.05, 3.63) is 40.1 Å². The molecule has 0 fully saturated rings. The van der Waals surface area contributed by atoms with Gasteiger partial charge >= 0.3 is 5.97 Å². The van der Waals surface area contributed by atoms with Crippen molar-refractivity contribution >= 4 is 17.3 Å². The Bertz CT molecular complexity index is 748. The van der Waals surface area contributed by atoms with Crippen molar-refractivity contribution in [3.63, 3.8) is 0 Å². The number of hydrogen-bond donors (Lipinski definition) is 1. The molecule has 8 heteroatoms. The smallest absolute Gasteiger partial charge is 0.359 e. The first-order chi connectivity index (χ1) is 10.8. The summed E-state index contributed by atoms with van der Waals surface area (Å²) >= 11 is 1.54. The number of carbonyl (C=O) groups is 1. The van der Waals surface area contributed by atoms with Gasteiger partial charge in [0.2, 0.25) is 5.82 Å². The van der Waals surface area contributed by atoms with Crippen LogP contribution >= 0.6 is 11.3 Å². The summed E-state index contributed by atoms with van der Waals surface area (Å²) in [5, 5.41) is 14.4. The lowest BCUT2D eigenvalue weighted by molar-refractivity contribution is 0.0452. The molecule has 0 spiro atoms. The molecule has 0 aliphatic rings. The van der Waals surface area contributed by atoms with Crippen LogP contribution in [-0.2, 0) is 17.8 Å². The molecule has 3 rings (SSSR count). The zero-order valence-electron chi connectivity index (χ0n) is 11.9. The maximum atomic E-state index is 11.9. The predicted octanol–water partition coefficient (Wildman–Crippen LogP) is 2.83. The number of ether oxygens (including phenoxy) is 1. The first kappa shape index (κ1) is 14.5. The molecule has 22 heavy (non-hydrogen) atoms. The Morgan fingerprint density at radius 3 is 3.18 bits per heavy atom. The molecular weight excluding hydrogens is 304 g/mol. The summed E-state index contributed by atoms with van der Waals surface area (Å²) < 4.78 is 10.2. The third kappa shape index (κ3) is 3.22. The zero-order valence-corrected chi connectivity index (χ0v) is 12.7. The van der Waals surface area contributed by atoms with E-state index in [2.05, 4.69) is 27.3 Å². The van der Waals surface area contributed by atoms with E-state index in [-0.39, 0.29) is 12.3 Å². The molecule has 0 saturated heterocycles. The Balaban J connectivity index is 1.58. The number of hydrogen-bond acceptors (Lipinski definition) is 7. The van der Waals surface area contributed by atoms with E-state index in [0.717, 1.165) is 24.1 Å². The summed E-state index contributed by atoms with van der Waals surface area (Å²) in [5.41, 5.74) is 2.02. The quantitative estimate of drug-likeness (QED) is 0.702. The summed E-state index contributed by atoms with van der Waals surface area (Å²) in [6.07, 6.45) is 1.82. The van der Waals surface area contributed by atoms with Crippen LogP contribution in [0.3, 0.4) is 0 Å². The van der Waals surface area contributed by atoms with E-state index < -0.39 is 5.97 Å². The second kappa shape index (κ2) is 6.52. The first-order valence-electron chi connectivity index (χ1n) is 6.83. The number of aryl methyl sites for hydroxylation is 1. The highest BCUT2D eigenvalue weighted by molar-refractivity contribution is 7.08. The van der Waals surface area contributed by atoms with Gasteiger partial charge < -0.3 is 9.26 Å². The van der Waals surface area contributed by atoms with E-state index in [1.807, 2.05) is 16.8 Å². The zero-order chi connectivity index (χ0) is 15.4. The molecule has 0 bridgehead atoms. The maximum absolute atomic E-state index is 11.9. The van der Waals surface area contributed by atoms with Gasteiger partial charge in [0.05, 0.1) is 5.56 Å². The maximum Gasteiger partial charge on any atom is 0.359 e. The van der Waals surface area contributed by atoms with E-state index in [1.54, 1.807) is 17.4 Å². The minimum Gasteiger partial charge on any atom is -0.453 e. The van der Waals surface area contributed by atoms with Crippen molar-refractivity contribution in [1.29, 1.82) is 0 Å². The molecule has 3 aromatic heterocycles. The number of thiophene rings is 1. The van der Waals surface area contributed by atoms with Crippen LogP contribution in [0.25, 0.3) is 11.5 Å². The summed E-state index contributed by atoms with van der Waals surface area (Å²) in [6.45, 7) is 2.00. The Labute approximate surface area is 130 Å². The molecule has 3 aromatic rings. The minimum atomic E-state index is -0.513. The van der Waals surface area contributed by atoms with Gasteiger partial charge in [-0.1, -0.05) is 18.5 Å². The van der Waals surface area contributed by atoms with E-state index >= 15 is 0 Å². The Hall–Kier alpha value is -2.48. The fourth-order valence-electron chi connectivity index (χ4n) is 1.88. The predicted molar refractivity (Wildman–Crippen MR) is 79.3 cm³/mol. The van der Waals surface area contributed by atoms with Crippen molar-refractivity contribution in [3.8, 4) is 11.5 Å². The van der Waals surface area contributed by atoms with Gasteiger partial charge in [0.15, 0.2) is 12.3 Å². The van der Waals surface area contributed by atoms with Crippen molar-refractivity contribution < 1.29 is 14.1 Å². The number of esters is 1. The highest BCUT2D eigenvalue weighted by atomic mass is 32.1.